The largest absolute Gasteiger partial charge is 0.339 e. The number of hydrogen-bond donors (Lipinski definition) is 0. The minimum atomic E-state index is -3.13. The first kappa shape index (κ1) is 16.2. The number of hydrogen-bond acceptors (Lipinski definition) is 3. The van der Waals surface area contributed by atoms with Gasteiger partial charge in [-0.05, 0) is 26.7 Å². The predicted octanol–water partition coefficient (Wildman–Crippen LogP) is 1.08. The molecule has 0 aromatic rings. The maximum Gasteiger partial charge on any atom is 0.226 e. The summed E-state index contributed by atoms with van der Waals surface area (Å²) in [6.45, 7) is 9.83. The van der Waals surface area contributed by atoms with E-state index in [4.69, 9.17) is 0 Å². The Morgan fingerprint density at radius 2 is 1.89 bits per heavy atom. The highest BCUT2D eigenvalue weighted by atomic mass is 32.2. The third-order valence-corrected chi connectivity index (χ3v) is 4.73. The molecule has 110 valence electrons. The summed E-state index contributed by atoms with van der Waals surface area (Å²) in [5, 5.41) is 0. The zero-order valence-electron chi connectivity index (χ0n) is 12.1. The summed E-state index contributed by atoms with van der Waals surface area (Å²) < 4.78 is 24.3. The molecule has 0 atom stereocenters. The predicted molar refractivity (Wildman–Crippen MR) is 76.2 cm³/mol. The van der Waals surface area contributed by atoms with Gasteiger partial charge in [-0.15, -0.1) is 0 Å². The number of carbonyl (C=O) groups is 1. The molecule has 1 aliphatic rings. The maximum absolute atomic E-state index is 12.3. The van der Waals surface area contributed by atoms with Crippen LogP contribution in [-0.2, 0) is 14.8 Å². The number of sulfonamides is 1. The van der Waals surface area contributed by atoms with Gasteiger partial charge in [0.25, 0.3) is 0 Å². The number of rotatable bonds is 5. The molecule has 6 heteroatoms. The molecule has 0 N–H and O–H groups in total. The van der Waals surface area contributed by atoms with Crippen molar-refractivity contribution in [1.29, 1.82) is 0 Å². The van der Waals surface area contributed by atoms with E-state index in [9.17, 15) is 13.2 Å². The highest BCUT2D eigenvalue weighted by Gasteiger charge is 2.30. The van der Waals surface area contributed by atoms with Crippen LogP contribution in [0.15, 0.2) is 12.2 Å². The van der Waals surface area contributed by atoms with Crippen molar-refractivity contribution in [3.05, 3.63) is 12.2 Å². The Morgan fingerprint density at radius 1 is 1.37 bits per heavy atom. The molecule has 1 heterocycles. The van der Waals surface area contributed by atoms with Crippen LogP contribution in [0.25, 0.3) is 0 Å². The SMILES string of the molecule is C=C(C)CN(CC)C(=O)C1CCN(S(C)(=O)=O)CC1. The molecule has 0 aromatic carbocycles. The van der Waals surface area contributed by atoms with E-state index in [1.807, 2.05) is 13.8 Å². The Hall–Kier alpha value is -0.880. The first-order chi connectivity index (χ1) is 8.75. The van der Waals surface area contributed by atoms with E-state index in [2.05, 4.69) is 6.58 Å². The van der Waals surface area contributed by atoms with E-state index in [0.29, 0.717) is 39.0 Å². The van der Waals surface area contributed by atoms with Crippen molar-refractivity contribution < 1.29 is 13.2 Å². The van der Waals surface area contributed by atoms with Crippen LogP contribution in [-0.4, -0.2) is 56.0 Å². The van der Waals surface area contributed by atoms with Crippen molar-refractivity contribution in [2.45, 2.75) is 26.7 Å². The van der Waals surface area contributed by atoms with E-state index in [1.54, 1.807) is 4.90 Å². The summed E-state index contributed by atoms with van der Waals surface area (Å²) in [6.07, 6.45) is 2.44. The fourth-order valence-electron chi connectivity index (χ4n) is 2.36. The third kappa shape index (κ3) is 4.62. The molecule has 19 heavy (non-hydrogen) atoms. The minimum absolute atomic E-state index is 0.0581. The van der Waals surface area contributed by atoms with Crippen molar-refractivity contribution in [3.8, 4) is 0 Å². The maximum atomic E-state index is 12.3. The number of piperidine rings is 1. The van der Waals surface area contributed by atoms with Crippen molar-refractivity contribution in [2.75, 3.05) is 32.4 Å². The lowest BCUT2D eigenvalue weighted by Gasteiger charge is -2.32. The third-order valence-electron chi connectivity index (χ3n) is 3.43. The molecule has 0 aliphatic carbocycles. The van der Waals surface area contributed by atoms with Crippen molar-refractivity contribution >= 4 is 15.9 Å². The van der Waals surface area contributed by atoms with Gasteiger partial charge in [-0.2, -0.15) is 0 Å². The second kappa shape index (κ2) is 6.52. The Balaban J connectivity index is 2.59. The molecule has 0 bridgehead atoms. The van der Waals surface area contributed by atoms with Gasteiger partial charge in [0, 0.05) is 32.1 Å². The summed E-state index contributed by atoms with van der Waals surface area (Å²) >= 11 is 0. The molecule has 0 radical (unpaired) electrons. The standard InChI is InChI=1S/C13H24N2O3S/c1-5-14(10-11(2)3)13(16)12-6-8-15(9-7-12)19(4,17)18/h12H,2,5-10H2,1,3-4H3. The average molecular weight is 288 g/mol. The average Bonchev–Trinajstić information content (AvgIpc) is 2.34. The molecule has 1 rings (SSSR count). The lowest BCUT2D eigenvalue weighted by Crippen LogP contribution is -2.44. The molecule has 0 aromatic heterocycles. The lowest BCUT2D eigenvalue weighted by molar-refractivity contribution is -0.136. The second-order valence-electron chi connectivity index (χ2n) is 5.25. The monoisotopic (exact) mass is 288 g/mol. The van der Waals surface area contributed by atoms with E-state index in [-0.39, 0.29) is 11.8 Å². The molecule has 1 fully saturated rings. The van der Waals surface area contributed by atoms with Crippen molar-refractivity contribution in [2.24, 2.45) is 5.92 Å². The Labute approximate surface area is 116 Å². The molecular weight excluding hydrogens is 264 g/mol. The zero-order chi connectivity index (χ0) is 14.6. The summed E-state index contributed by atoms with van der Waals surface area (Å²) in [4.78, 5) is 14.1. The molecule has 0 saturated carbocycles. The molecule has 0 unspecified atom stereocenters. The molecular formula is C13H24N2O3S. The molecule has 1 saturated heterocycles. The van der Waals surface area contributed by atoms with Gasteiger partial charge in [-0.25, -0.2) is 12.7 Å². The topological polar surface area (TPSA) is 57.7 Å². The molecule has 1 amide bonds. The highest BCUT2D eigenvalue weighted by Crippen LogP contribution is 2.21. The van der Waals surface area contributed by atoms with Crippen LogP contribution < -0.4 is 0 Å². The number of nitrogens with zero attached hydrogens (tertiary/aromatic N) is 2. The first-order valence-electron chi connectivity index (χ1n) is 6.64. The van der Waals surface area contributed by atoms with Crippen LogP contribution >= 0.6 is 0 Å². The number of amides is 1. The fourth-order valence-corrected chi connectivity index (χ4v) is 3.24. The fraction of sp³-hybridized carbons (Fsp3) is 0.769. The van der Waals surface area contributed by atoms with Gasteiger partial charge in [-0.1, -0.05) is 12.2 Å². The van der Waals surface area contributed by atoms with E-state index >= 15 is 0 Å². The molecule has 0 spiro atoms. The van der Waals surface area contributed by atoms with Crippen LogP contribution in [0, 0.1) is 5.92 Å². The Bertz CT molecular complexity index is 437. The van der Waals surface area contributed by atoms with Gasteiger partial charge in [-0.3, -0.25) is 4.79 Å². The summed E-state index contributed by atoms with van der Waals surface area (Å²) in [7, 11) is -3.13. The number of likely N-dealkylation sites (N-methyl/N-ethyl adjacent to an activating group) is 1. The van der Waals surface area contributed by atoms with Gasteiger partial charge < -0.3 is 4.90 Å². The minimum Gasteiger partial charge on any atom is -0.339 e. The van der Waals surface area contributed by atoms with Crippen LogP contribution in [0.5, 0.6) is 0 Å². The summed E-state index contributed by atoms with van der Waals surface area (Å²) in [5.41, 5.74) is 0.962. The van der Waals surface area contributed by atoms with Gasteiger partial charge in [0.05, 0.1) is 6.26 Å². The van der Waals surface area contributed by atoms with Gasteiger partial charge in [0.2, 0.25) is 15.9 Å². The Kier molecular flexibility index (Phi) is 5.55. The first-order valence-corrected chi connectivity index (χ1v) is 8.48. The second-order valence-corrected chi connectivity index (χ2v) is 7.23. The smallest absolute Gasteiger partial charge is 0.226 e. The van der Waals surface area contributed by atoms with E-state index < -0.39 is 10.0 Å². The Morgan fingerprint density at radius 3 is 2.26 bits per heavy atom. The van der Waals surface area contributed by atoms with E-state index in [0.717, 1.165) is 5.57 Å². The van der Waals surface area contributed by atoms with Gasteiger partial charge in [0.15, 0.2) is 0 Å². The van der Waals surface area contributed by atoms with Crippen molar-refractivity contribution in [3.63, 3.8) is 0 Å². The van der Waals surface area contributed by atoms with Crippen LogP contribution in [0.1, 0.15) is 26.7 Å². The van der Waals surface area contributed by atoms with E-state index in [1.165, 1.54) is 10.6 Å². The van der Waals surface area contributed by atoms with Crippen LogP contribution in [0.3, 0.4) is 0 Å². The molecule has 1 aliphatic heterocycles. The molecule has 5 nitrogen and oxygen atoms in total. The van der Waals surface area contributed by atoms with Crippen molar-refractivity contribution in [1.82, 2.24) is 9.21 Å². The van der Waals surface area contributed by atoms with Gasteiger partial charge >= 0.3 is 0 Å². The summed E-state index contributed by atoms with van der Waals surface area (Å²) in [6, 6.07) is 0. The summed E-state index contributed by atoms with van der Waals surface area (Å²) in [5.74, 6) is 0.0657. The van der Waals surface area contributed by atoms with Crippen LogP contribution in [0.2, 0.25) is 0 Å². The van der Waals surface area contributed by atoms with Gasteiger partial charge in [0.1, 0.15) is 0 Å². The number of carbonyl (C=O) groups excluding carboxylic acids is 1. The zero-order valence-corrected chi connectivity index (χ0v) is 12.9. The normalized spacial score (nSPS) is 18.3. The lowest BCUT2D eigenvalue weighted by atomic mass is 9.96. The highest BCUT2D eigenvalue weighted by molar-refractivity contribution is 7.88. The quantitative estimate of drug-likeness (QED) is 0.711. The van der Waals surface area contributed by atoms with Crippen LogP contribution in [0.4, 0.5) is 0 Å².